The zero-order valence-electron chi connectivity index (χ0n) is 22.5. The van der Waals surface area contributed by atoms with Crippen LogP contribution >= 0.6 is 11.3 Å². The van der Waals surface area contributed by atoms with Gasteiger partial charge in [-0.25, -0.2) is 4.98 Å². The van der Waals surface area contributed by atoms with E-state index in [1.807, 2.05) is 24.3 Å². The Labute approximate surface area is 241 Å². The van der Waals surface area contributed by atoms with Gasteiger partial charge in [-0.1, -0.05) is 44.2 Å². The van der Waals surface area contributed by atoms with Gasteiger partial charge in [0.25, 0.3) is 0 Å². The first-order valence-corrected chi connectivity index (χ1v) is 14.0. The highest BCUT2D eigenvalue weighted by molar-refractivity contribution is 7.15. The van der Waals surface area contributed by atoms with Gasteiger partial charge in [0, 0.05) is 18.0 Å². The molecule has 0 radical (unpaired) electrons. The van der Waals surface area contributed by atoms with E-state index in [0.717, 1.165) is 39.3 Å². The number of fused-ring (bicyclic) bond motifs is 1. The monoisotopic (exact) mass is 571 g/mol. The van der Waals surface area contributed by atoms with Crippen molar-refractivity contribution in [2.45, 2.75) is 52.4 Å². The molecule has 0 fully saturated rings. The van der Waals surface area contributed by atoms with Crippen molar-refractivity contribution in [3.8, 4) is 17.9 Å². The van der Waals surface area contributed by atoms with Crippen molar-refractivity contribution >= 4 is 27.9 Å². The minimum absolute atomic E-state index is 0.0316. The summed E-state index contributed by atoms with van der Waals surface area (Å²) in [6, 6.07) is 14.3. The van der Waals surface area contributed by atoms with E-state index in [-0.39, 0.29) is 35.6 Å². The molecule has 5 rings (SSSR count). The molecule has 1 N–H and O–H groups in total. The lowest BCUT2D eigenvalue weighted by Crippen LogP contribution is -2.26. The first kappa shape index (κ1) is 28.2. The van der Waals surface area contributed by atoms with Gasteiger partial charge in [-0.05, 0) is 58.9 Å². The average Bonchev–Trinajstić information content (AvgIpc) is 3.65. The lowest BCUT2D eigenvalue weighted by molar-refractivity contribution is -0.115. The summed E-state index contributed by atoms with van der Waals surface area (Å²) in [5.41, 5.74) is 4.91. The first-order chi connectivity index (χ1) is 19.7. The lowest BCUT2D eigenvalue weighted by Gasteiger charge is -2.27. The Balaban J connectivity index is 1.28. The van der Waals surface area contributed by atoms with Crippen molar-refractivity contribution < 1.29 is 18.3 Å². The zero-order valence-corrected chi connectivity index (χ0v) is 23.3. The lowest BCUT2D eigenvalue weighted by atomic mass is 9.97. The summed E-state index contributed by atoms with van der Waals surface area (Å²) in [7, 11) is 0. The van der Waals surface area contributed by atoms with Crippen molar-refractivity contribution in [3.63, 3.8) is 0 Å². The van der Waals surface area contributed by atoms with E-state index in [0.29, 0.717) is 23.8 Å². The van der Waals surface area contributed by atoms with E-state index in [9.17, 15) is 24.1 Å². The number of nitrogens with one attached hydrogen (secondary N) is 1. The summed E-state index contributed by atoms with van der Waals surface area (Å²) < 4.78 is 30.2. The number of anilines is 1. The van der Waals surface area contributed by atoms with Crippen molar-refractivity contribution in [3.05, 3.63) is 93.0 Å². The van der Waals surface area contributed by atoms with Crippen LogP contribution in [0, 0.1) is 28.6 Å². The molecule has 2 aliphatic rings. The second-order valence-corrected chi connectivity index (χ2v) is 11.3. The Morgan fingerprint density at radius 3 is 2.61 bits per heavy atom. The number of alkyl halides is 2. The molecule has 0 saturated carbocycles. The van der Waals surface area contributed by atoms with Gasteiger partial charge in [-0.2, -0.15) is 19.3 Å². The van der Waals surface area contributed by atoms with E-state index >= 15 is 0 Å². The molecule has 0 saturated heterocycles. The van der Waals surface area contributed by atoms with Gasteiger partial charge in [0.05, 0.1) is 35.4 Å². The van der Waals surface area contributed by atoms with Crippen molar-refractivity contribution in [1.29, 1.82) is 10.5 Å². The van der Waals surface area contributed by atoms with Crippen LogP contribution in [0.25, 0.3) is 5.57 Å². The van der Waals surface area contributed by atoms with E-state index in [2.05, 4.69) is 40.9 Å². The van der Waals surface area contributed by atoms with Gasteiger partial charge >= 0.3 is 6.61 Å². The molecule has 1 aliphatic carbocycles. The van der Waals surface area contributed by atoms with Crippen molar-refractivity contribution in [2.24, 2.45) is 5.92 Å². The average molecular weight is 572 g/mol. The molecule has 1 aliphatic heterocycles. The number of carbonyl (C=O) groups is 1. The smallest absolute Gasteiger partial charge is 0.387 e. The Kier molecular flexibility index (Phi) is 8.25. The summed E-state index contributed by atoms with van der Waals surface area (Å²) in [6.07, 6.45) is 7.07. The first-order valence-electron chi connectivity index (χ1n) is 13.2. The maximum atomic E-state index is 12.9. The number of benzene rings is 2. The van der Waals surface area contributed by atoms with Gasteiger partial charge in [0.1, 0.15) is 11.8 Å². The Hall–Kier alpha value is -4.38. The minimum atomic E-state index is -3.02. The van der Waals surface area contributed by atoms with Crippen LogP contribution in [0.4, 0.5) is 13.9 Å². The molecule has 7 nitrogen and oxygen atoms in total. The van der Waals surface area contributed by atoms with Gasteiger partial charge in [0.2, 0.25) is 5.91 Å². The number of allylic oxidation sites excluding steroid dienone is 4. The van der Waals surface area contributed by atoms with E-state index in [1.54, 1.807) is 18.2 Å². The summed E-state index contributed by atoms with van der Waals surface area (Å²) in [5, 5.41) is 22.2. The molecule has 1 aromatic heterocycles. The molecule has 41 heavy (non-hydrogen) atoms. The molecular formula is C31H27F2N5O2S. The second-order valence-electron chi connectivity index (χ2n) is 10.3. The predicted molar refractivity (Wildman–Crippen MR) is 152 cm³/mol. The summed E-state index contributed by atoms with van der Waals surface area (Å²) in [5.74, 6) is -0.122. The highest BCUT2D eigenvalue weighted by Gasteiger charge is 2.36. The number of nitriles is 2. The molecule has 2 aromatic carbocycles. The fourth-order valence-electron chi connectivity index (χ4n) is 5.34. The number of carbonyl (C=O) groups excluding carboxylic acids is 1. The van der Waals surface area contributed by atoms with E-state index in [4.69, 9.17) is 4.98 Å². The van der Waals surface area contributed by atoms with Gasteiger partial charge in [-0.15, -0.1) is 11.3 Å². The van der Waals surface area contributed by atoms with Crippen LogP contribution in [0.3, 0.4) is 0 Å². The maximum absolute atomic E-state index is 12.9. The Bertz CT molecular complexity index is 1630. The quantitative estimate of drug-likeness (QED) is 0.306. The van der Waals surface area contributed by atoms with E-state index < -0.39 is 6.61 Å². The highest BCUT2D eigenvalue weighted by atomic mass is 32.1. The standard InChI is InChI=1S/C31H27F2N5O2S/c1-18(2)29-28-26(17-38(29)16-20-8-10-23(15-35)25(12-20)40-30(32)33)41-31(37-28)36-27(39)13-19-7-9-22(14-34)24(11-19)21-5-3-4-6-21/h3,5-12,18,29-30H,4,13,16-17H2,1-2H3,(H,36,37,39)/t29-/m0/s1. The van der Waals surface area contributed by atoms with Crippen LogP contribution < -0.4 is 10.1 Å². The third-order valence-electron chi connectivity index (χ3n) is 7.05. The number of thiazole rings is 1. The summed E-state index contributed by atoms with van der Waals surface area (Å²) in [6.45, 7) is 2.22. The molecular weight excluding hydrogens is 544 g/mol. The number of amides is 1. The van der Waals surface area contributed by atoms with Crippen LogP contribution in [-0.4, -0.2) is 22.4 Å². The number of ether oxygens (including phenoxy) is 1. The zero-order chi connectivity index (χ0) is 29.1. The molecule has 0 bridgehead atoms. The molecule has 1 amide bonds. The molecule has 0 unspecified atom stereocenters. The largest absolute Gasteiger partial charge is 0.433 e. The number of rotatable bonds is 9. The maximum Gasteiger partial charge on any atom is 0.387 e. The summed E-state index contributed by atoms with van der Waals surface area (Å²) in [4.78, 5) is 21.0. The molecule has 208 valence electrons. The minimum Gasteiger partial charge on any atom is -0.433 e. The topological polar surface area (TPSA) is 102 Å². The van der Waals surface area contributed by atoms with Crippen LogP contribution in [-0.2, 0) is 24.3 Å². The predicted octanol–water partition coefficient (Wildman–Crippen LogP) is 6.73. The molecule has 0 spiro atoms. The Morgan fingerprint density at radius 2 is 1.93 bits per heavy atom. The van der Waals surface area contributed by atoms with Crippen molar-refractivity contribution in [2.75, 3.05) is 5.32 Å². The van der Waals surface area contributed by atoms with Gasteiger partial charge in [-0.3, -0.25) is 9.69 Å². The third-order valence-corrected chi connectivity index (χ3v) is 8.02. The third kappa shape index (κ3) is 6.19. The fourth-order valence-corrected chi connectivity index (χ4v) is 6.38. The van der Waals surface area contributed by atoms with Crippen LogP contribution in [0.1, 0.15) is 64.7 Å². The van der Waals surface area contributed by atoms with Crippen LogP contribution in [0.5, 0.6) is 5.75 Å². The normalized spacial score (nSPS) is 16.0. The molecule has 10 heteroatoms. The van der Waals surface area contributed by atoms with Crippen LogP contribution in [0.15, 0.2) is 54.6 Å². The summed E-state index contributed by atoms with van der Waals surface area (Å²) >= 11 is 1.43. The molecule has 2 heterocycles. The fraction of sp³-hybridized carbons (Fsp3) is 0.290. The SMILES string of the molecule is CC(C)[C@H]1c2nc(NC(=O)Cc3ccc(C#N)c(C4=CCC=C4)c3)sc2CN1Cc1ccc(C#N)c(OC(F)F)c1. The Morgan fingerprint density at radius 1 is 1.17 bits per heavy atom. The van der Waals surface area contributed by atoms with E-state index in [1.165, 1.54) is 23.5 Å². The number of aromatic nitrogens is 1. The second kappa shape index (κ2) is 12.0. The number of halogens is 2. The molecule has 3 aromatic rings. The van der Waals surface area contributed by atoms with Gasteiger partial charge in [0.15, 0.2) is 5.13 Å². The highest BCUT2D eigenvalue weighted by Crippen LogP contribution is 2.43. The van der Waals surface area contributed by atoms with Gasteiger partial charge < -0.3 is 10.1 Å². The number of hydrogen-bond donors (Lipinski definition) is 1. The number of hydrogen-bond acceptors (Lipinski definition) is 7. The number of nitrogens with zero attached hydrogens (tertiary/aromatic N) is 4. The molecule has 1 atom stereocenters. The van der Waals surface area contributed by atoms with Crippen LogP contribution in [0.2, 0.25) is 0 Å². The van der Waals surface area contributed by atoms with Crippen molar-refractivity contribution in [1.82, 2.24) is 9.88 Å².